The summed E-state index contributed by atoms with van der Waals surface area (Å²) in [7, 11) is 0. The van der Waals surface area contributed by atoms with Gasteiger partial charge >= 0.3 is 0 Å². The minimum Gasteiger partial charge on any atom is -0.356 e. The Morgan fingerprint density at radius 2 is 2.08 bits per heavy atom. The van der Waals surface area contributed by atoms with Gasteiger partial charge in [-0.15, -0.1) is 0 Å². The molecular weight excluding hydrogens is 364 g/mol. The molecule has 4 rings (SSSR count). The standard InChI is InChI=1S/C17H16ClF2N5O/c1-10-21-13(24-15(26)11-3-2-4-12(18)23-11)7-14(22-10)25-6-5-16(9-25)8-17(16,19)20/h2-4,7H,5-6,8-9H2,1H3,(H,21,22,24,26). The molecule has 1 amide bonds. The Morgan fingerprint density at radius 3 is 2.73 bits per heavy atom. The Labute approximate surface area is 153 Å². The van der Waals surface area contributed by atoms with Crippen molar-refractivity contribution in [1.82, 2.24) is 15.0 Å². The van der Waals surface area contributed by atoms with Crippen LogP contribution in [0.5, 0.6) is 0 Å². The lowest BCUT2D eigenvalue weighted by Crippen LogP contribution is -2.24. The molecule has 1 atom stereocenters. The normalized spacial score (nSPS) is 23.3. The Morgan fingerprint density at radius 1 is 1.31 bits per heavy atom. The van der Waals surface area contributed by atoms with E-state index >= 15 is 0 Å². The summed E-state index contributed by atoms with van der Waals surface area (Å²) in [6, 6.07) is 6.33. The number of rotatable bonds is 3. The van der Waals surface area contributed by atoms with Crippen LogP contribution in [0.1, 0.15) is 29.2 Å². The number of halogens is 3. The predicted octanol–water partition coefficient (Wildman–Crippen LogP) is 3.32. The van der Waals surface area contributed by atoms with Gasteiger partial charge in [0.05, 0.1) is 5.41 Å². The predicted molar refractivity (Wildman–Crippen MR) is 92.8 cm³/mol. The summed E-state index contributed by atoms with van der Waals surface area (Å²) >= 11 is 5.80. The molecule has 1 saturated carbocycles. The molecule has 0 aromatic carbocycles. The van der Waals surface area contributed by atoms with Gasteiger partial charge in [-0.3, -0.25) is 4.79 Å². The number of aryl methyl sites for hydroxylation is 1. The Kier molecular flexibility index (Phi) is 3.83. The maximum Gasteiger partial charge on any atom is 0.275 e. The first-order chi connectivity index (χ1) is 12.3. The zero-order chi connectivity index (χ0) is 18.5. The molecule has 9 heteroatoms. The lowest BCUT2D eigenvalue weighted by Gasteiger charge is -2.18. The van der Waals surface area contributed by atoms with Crippen molar-refractivity contribution in [2.75, 3.05) is 23.3 Å². The van der Waals surface area contributed by atoms with Gasteiger partial charge in [0.2, 0.25) is 0 Å². The van der Waals surface area contributed by atoms with Crippen molar-refractivity contribution in [3.63, 3.8) is 0 Å². The number of aromatic nitrogens is 3. The van der Waals surface area contributed by atoms with Gasteiger partial charge in [-0.1, -0.05) is 17.7 Å². The molecule has 1 aliphatic carbocycles. The van der Waals surface area contributed by atoms with E-state index in [9.17, 15) is 13.6 Å². The van der Waals surface area contributed by atoms with Crippen molar-refractivity contribution >= 4 is 29.1 Å². The van der Waals surface area contributed by atoms with E-state index < -0.39 is 17.2 Å². The highest BCUT2D eigenvalue weighted by atomic mass is 35.5. The molecule has 0 bridgehead atoms. The van der Waals surface area contributed by atoms with Crippen molar-refractivity contribution in [3.8, 4) is 0 Å². The van der Waals surface area contributed by atoms with Crippen LogP contribution in [-0.4, -0.2) is 39.9 Å². The second kappa shape index (κ2) is 5.84. The van der Waals surface area contributed by atoms with Gasteiger partial charge in [0.25, 0.3) is 11.8 Å². The molecule has 26 heavy (non-hydrogen) atoms. The first-order valence-corrected chi connectivity index (χ1v) is 8.58. The summed E-state index contributed by atoms with van der Waals surface area (Å²) in [5.41, 5.74) is -0.756. The van der Waals surface area contributed by atoms with Crippen molar-refractivity contribution in [1.29, 1.82) is 0 Å². The lowest BCUT2D eigenvalue weighted by atomic mass is 10.1. The van der Waals surface area contributed by atoms with Crippen molar-refractivity contribution in [3.05, 3.63) is 40.9 Å². The number of hydrogen-bond acceptors (Lipinski definition) is 5. The van der Waals surface area contributed by atoms with Gasteiger partial charge in [0.1, 0.15) is 28.3 Å². The molecule has 2 aromatic rings. The first-order valence-electron chi connectivity index (χ1n) is 8.20. The minimum atomic E-state index is -2.58. The van der Waals surface area contributed by atoms with Crippen LogP contribution < -0.4 is 10.2 Å². The fraction of sp³-hybridized carbons (Fsp3) is 0.412. The summed E-state index contributed by atoms with van der Waals surface area (Å²) in [6.07, 6.45) is 0.377. The molecule has 1 unspecified atom stereocenters. The summed E-state index contributed by atoms with van der Waals surface area (Å²) < 4.78 is 27.2. The zero-order valence-corrected chi connectivity index (χ0v) is 14.7. The molecule has 6 nitrogen and oxygen atoms in total. The Bertz CT molecular complexity index is 893. The number of nitrogens with zero attached hydrogens (tertiary/aromatic N) is 4. The number of nitrogens with one attached hydrogen (secondary N) is 1. The van der Waals surface area contributed by atoms with Crippen LogP contribution in [0.15, 0.2) is 24.3 Å². The third-order valence-electron chi connectivity index (χ3n) is 4.90. The van der Waals surface area contributed by atoms with E-state index in [-0.39, 0.29) is 23.8 Å². The summed E-state index contributed by atoms with van der Waals surface area (Å²) in [6.45, 7) is 2.46. The molecule has 2 fully saturated rings. The fourth-order valence-corrected chi connectivity index (χ4v) is 3.55. The topological polar surface area (TPSA) is 71.0 Å². The monoisotopic (exact) mass is 379 g/mol. The highest BCUT2D eigenvalue weighted by Crippen LogP contribution is 2.65. The molecular formula is C17H16ClF2N5O. The smallest absolute Gasteiger partial charge is 0.275 e. The number of amides is 1. The quantitative estimate of drug-likeness (QED) is 0.828. The second-order valence-electron chi connectivity index (χ2n) is 6.79. The SMILES string of the molecule is Cc1nc(NC(=O)c2cccc(Cl)n2)cc(N2CCC3(C2)CC3(F)F)n1. The van der Waals surface area contributed by atoms with E-state index in [2.05, 4.69) is 20.3 Å². The van der Waals surface area contributed by atoms with Gasteiger partial charge in [-0.05, 0) is 25.5 Å². The largest absolute Gasteiger partial charge is 0.356 e. The van der Waals surface area contributed by atoms with E-state index in [1.165, 1.54) is 6.07 Å². The highest BCUT2D eigenvalue weighted by Gasteiger charge is 2.72. The Hall–Kier alpha value is -2.35. The van der Waals surface area contributed by atoms with Crippen LogP contribution in [-0.2, 0) is 0 Å². The number of carbonyl (C=O) groups excluding carboxylic acids is 1. The number of alkyl halides is 2. The Balaban J connectivity index is 1.53. The van der Waals surface area contributed by atoms with Crippen molar-refractivity contribution < 1.29 is 13.6 Å². The summed E-state index contributed by atoms with van der Waals surface area (Å²) in [5.74, 6) is -1.77. The third kappa shape index (κ3) is 2.98. The van der Waals surface area contributed by atoms with Crippen LogP contribution in [0.2, 0.25) is 5.15 Å². The van der Waals surface area contributed by atoms with E-state index in [0.717, 1.165) is 0 Å². The first kappa shape index (κ1) is 17.1. The van der Waals surface area contributed by atoms with Gasteiger partial charge < -0.3 is 10.2 Å². The van der Waals surface area contributed by atoms with Gasteiger partial charge in [-0.25, -0.2) is 23.7 Å². The van der Waals surface area contributed by atoms with E-state index in [0.29, 0.717) is 30.4 Å². The third-order valence-corrected chi connectivity index (χ3v) is 5.11. The van der Waals surface area contributed by atoms with Gasteiger partial charge in [0.15, 0.2) is 0 Å². The van der Waals surface area contributed by atoms with Gasteiger partial charge in [0, 0.05) is 25.6 Å². The maximum absolute atomic E-state index is 13.6. The molecule has 3 heterocycles. The maximum atomic E-state index is 13.6. The van der Waals surface area contributed by atoms with E-state index in [1.54, 1.807) is 25.1 Å². The highest BCUT2D eigenvalue weighted by molar-refractivity contribution is 6.29. The molecule has 1 N–H and O–H groups in total. The molecule has 1 aliphatic heterocycles. The number of pyridine rings is 1. The van der Waals surface area contributed by atoms with E-state index in [1.807, 2.05) is 4.90 Å². The molecule has 0 radical (unpaired) electrons. The number of hydrogen-bond donors (Lipinski definition) is 1. The number of carbonyl (C=O) groups is 1. The van der Waals surface area contributed by atoms with Gasteiger partial charge in [-0.2, -0.15) is 0 Å². The summed E-state index contributed by atoms with van der Waals surface area (Å²) in [4.78, 5) is 26.6. The van der Waals surface area contributed by atoms with Crippen LogP contribution in [0.25, 0.3) is 0 Å². The second-order valence-corrected chi connectivity index (χ2v) is 7.18. The van der Waals surface area contributed by atoms with Crippen LogP contribution in [0.3, 0.4) is 0 Å². The van der Waals surface area contributed by atoms with Crippen LogP contribution >= 0.6 is 11.6 Å². The molecule has 2 aromatic heterocycles. The average Bonchev–Trinajstić information content (AvgIpc) is 2.90. The summed E-state index contributed by atoms with van der Waals surface area (Å²) in [5, 5.41) is 2.87. The minimum absolute atomic E-state index is 0.0649. The molecule has 2 aliphatic rings. The van der Waals surface area contributed by atoms with Crippen molar-refractivity contribution in [2.24, 2.45) is 5.41 Å². The molecule has 1 saturated heterocycles. The van der Waals surface area contributed by atoms with Crippen LogP contribution in [0, 0.1) is 12.3 Å². The van der Waals surface area contributed by atoms with Crippen LogP contribution in [0.4, 0.5) is 20.4 Å². The van der Waals surface area contributed by atoms with Crippen molar-refractivity contribution in [2.45, 2.75) is 25.7 Å². The zero-order valence-electron chi connectivity index (χ0n) is 14.0. The van der Waals surface area contributed by atoms with E-state index in [4.69, 9.17) is 11.6 Å². The number of anilines is 2. The molecule has 136 valence electrons. The lowest BCUT2D eigenvalue weighted by molar-refractivity contribution is 0.0711. The average molecular weight is 380 g/mol. The fourth-order valence-electron chi connectivity index (χ4n) is 3.38. The molecule has 1 spiro atoms.